The Kier molecular flexibility index (Phi) is 5.22. The van der Waals surface area contributed by atoms with E-state index in [0.29, 0.717) is 19.8 Å². The van der Waals surface area contributed by atoms with Crippen molar-refractivity contribution in [3.8, 4) is 0 Å². The van der Waals surface area contributed by atoms with Crippen molar-refractivity contribution in [2.24, 2.45) is 0 Å². The molecule has 7 heteroatoms. The van der Waals surface area contributed by atoms with Crippen LogP contribution in [0.25, 0.3) is 10.9 Å². The van der Waals surface area contributed by atoms with E-state index in [1.54, 1.807) is 6.33 Å². The van der Waals surface area contributed by atoms with Crippen molar-refractivity contribution in [3.63, 3.8) is 0 Å². The summed E-state index contributed by atoms with van der Waals surface area (Å²) in [4.78, 5) is 22.9. The van der Waals surface area contributed by atoms with E-state index in [4.69, 9.17) is 4.74 Å². The topological polar surface area (TPSA) is 79.4 Å². The Hall–Kier alpha value is -3.03. The zero-order valence-corrected chi connectivity index (χ0v) is 14.9. The Morgan fingerprint density at radius 3 is 2.56 bits per heavy atom. The van der Waals surface area contributed by atoms with Crippen LogP contribution in [0.1, 0.15) is 0 Å². The number of hydrogen-bond acceptors (Lipinski definition) is 6. The molecule has 2 heterocycles. The second kappa shape index (κ2) is 8.11. The first-order valence-corrected chi connectivity index (χ1v) is 8.95. The molecule has 3 aromatic rings. The number of aromatic nitrogens is 2. The van der Waals surface area contributed by atoms with Gasteiger partial charge in [-0.1, -0.05) is 12.1 Å². The summed E-state index contributed by atoms with van der Waals surface area (Å²) in [5.74, 6) is 0.740. The fourth-order valence-corrected chi connectivity index (χ4v) is 3.04. The summed E-state index contributed by atoms with van der Waals surface area (Å²) in [5, 5.41) is 7.20. The maximum absolute atomic E-state index is 12.2. The minimum atomic E-state index is -0.0144. The number of nitrogens with zero attached hydrogens (tertiary/aromatic N) is 3. The Balaban J connectivity index is 1.39. The number of para-hydroxylation sites is 1. The number of anilines is 3. The van der Waals surface area contributed by atoms with E-state index in [-0.39, 0.29) is 5.91 Å². The summed E-state index contributed by atoms with van der Waals surface area (Å²) in [5.41, 5.74) is 2.55. The lowest BCUT2D eigenvalue weighted by Gasteiger charge is -2.25. The van der Waals surface area contributed by atoms with Gasteiger partial charge in [0, 0.05) is 29.9 Å². The lowest BCUT2D eigenvalue weighted by molar-refractivity contribution is -0.118. The van der Waals surface area contributed by atoms with Crippen LogP contribution in [0, 0.1) is 0 Å². The summed E-state index contributed by atoms with van der Waals surface area (Å²) in [6.07, 6.45) is 1.55. The quantitative estimate of drug-likeness (QED) is 0.725. The molecule has 0 spiro atoms. The van der Waals surface area contributed by atoms with Gasteiger partial charge in [-0.3, -0.25) is 9.69 Å². The molecule has 27 heavy (non-hydrogen) atoms. The van der Waals surface area contributed by atoms with Crippen LogP contribution < -0.4 is 10.6 Å². The molecule has 138 valence electrons. The molecule has 2 N–H and O–H groups in total. The lowest BCUT2D eigenvalue weighted by Crippen LogP contribution is -2.41. The largest absolute Gasteiger partial charge is 0.379 e. The van der Waals surface area contributed by atoms with Crippen LogP contribution in [0.2, 0.25) is 0 Å². The van der Waals surface area contributed by atoms with Crippen molar-refractivity contribution in [1.29, 1.82) is 0 Å². The van der Waals surface area contributed by atoms with E-state index < -0.39 is 0 Å². The normalized spacial score (nSPS) is 14.8. The Labute approximate surface area is 157 Å². The number of carbonyl (C=O) groups is 1. The molecule has 1 amide bonds. The maximum atomic E-state index is 12.2. The van der Waals surface area contributed by atoms with Crippen molar-refractivity contribution in [2.75, 3.05) is 43.5 Å². The molecule has 2 aromatic carbocycles. The molecular formula is C20H21N5O2. The number of hydrogen-bond donors (Lipinski definition) is 2. The average molecular weight is 363 g/mol. The number of morpholine rings is 1. The zero-order valence-electron chi connectivity index (χ0n) is 14.9. The molecule has 0 aliphatic carbocycles. The van der Waals surface area contributed by atoms with Gasteiger partial charge in [0.1, 0.15) is 12.1 Å². The highest BCUT2D eigenvalue weighted by Crippen LogP contribution is 2.23. The molecule has 1 aliphatic heterocycles. The number of rotatable bonds is 5. The number of benzene rings is 2. The van der Waals surface area contributed by atoms with Crippen molar-refractivity contribution in [3.05, 3.63) is 54.9 Å². The van der Waals surface area contributed by atoms with E-state index in [1.165, 1.54) is 0 Å². The Morgan fingerprint density at radius 2 is 1.74 bits per heavy atom. The standard InChI is InChI=1S/C20H21N5O2/c26-19(13-25-9-11-27-12-10-25)23-15-5-7-16(8-6-15)24-20-17-3-1-2-4-18(17)21-14-22-20/h1-8,14H,9-13H2,(H,23,26)(H,21,22,24). The van der Waals surface area contributed by atoms with Crippen LogP contribution >= 0.6 is 0 Å². The molecule has 4 rings (SSSR count). The van der Waals surface area contributed by atoms with E-state index in [0.717, 1.165) is 41.2 Å². The molecule has 0 bridgehead atoms. The van der Waals surface area contributed by atoms with Gasteiger partial charge in [0.2, 0.25) is 5.91 Å². The average Bonchev–Trinajstić information content (AvgIpc) is 2.70. The first kappa shape index (κ1) is 17.4. The lowest BCUT2D eigenvalue weighted by atomic mass is 10.2. The van der Waals surface area contributed by atoms with Gasteiger partial charge in [-0.05, 0) is 36.4 Å². The SMILES string of the molecule is O=C(CN1CCOCC1)Nc1ccc(Nc2ncnc3ccccc23)cc1. The molecule has 0 unspecified atom stereocenters. The predicted octanol–water partition coefficient (Wildman–Crippen LogP) is 2.64. The van der Waals surface area contributed by atoms with E-state index in [1.807, 2.05) is 48.5 Å². The molecule has 7 nitrogen and oxygen atoms in total. The zero-order chi connectivity index (χ0) is 18.5. The molecule has 1 aliphatic rings. The van der Waals surface area contributed by atoms with Gasteiger partial charge >= 0.3 is 0 Å². The molecule has 1 aromatic heterocycles. The summed E-state index contributed by atoms with van der Waals surface area (Å²) in [6.45, 7) is 3.35. The highest BCUT2D eigenvalue weighted by molar-refractivity contribution is 5.93. The fraction of sp³-hybridized carbons (Fsp3) is 0.250. The Morgan fingerprint density at radius 1 is 1.00 bits per heavy atom. The first-order valence-electron chi connectivity index (χ1n) is 8.95. The van der Waals surface area contributed by atoms with Gasteiger partial charge in [-0.15, -0.1) is 0 Å². The molecule has 0 atom stereocenters. The highest BCUT2D eigenvalue weighted by atomic mass is 16.5. The summed E-state index contributed by atoms with van der Waals surface area (Å²) in [7, 11) is 0. The van der Waals surface area contributed by atoms with Gasteiger partial charge in [0.25, 0.3) is 0 Å². The van der Waals surface area contributed by atoms with Crippen LogP contribution in [0.4, 0.5) is 17.2 Å². The van der Waals surface area contributed by atoms with Gasteiger partial charge in [0.05, 0.1) is 25.3 Å². The molecule has 0 radical (unpaired) electrons. The van der Waals surface area contributed by atoms with Crippen LogP contribution in [-0.4, -0.2) is 53.6 Å². The monoisotopic (exact) mass is 363 g/mol. The summed E-state index contributed by atoms with van der Waals surface area (Å²) in [6, 6.07) is 15.4. The molecular weight excluding hydrogens is 342 g/mol. The number of fused-ring (bicyclic) bond motifs is 1. The van der Waals surface area contributed by atoms with Crippen molar-refractivity contribution in [1.82, 2.24) is 14.9 Å². The van der Waals surface area contributed by atoms with Crippen LogP contribution in [-0.2, 0) is 9.53 Å². The number of nitrogens with one attached hydrogen (secondary N) is 2. The minimum Gasteiger partial charge on any atom is -0.379 e. The third-order valence-corrected chi connectivity index (χ3v) is 4.45. The summed E-state index contributed by atoms with van der Waals surface area (Å²) >= 11 is 0. The van der Waals surface area contributed by atoms with Gasteiger partial charge in [-0.2, -0.15) is 0 Å². The van der Waals surface area contributed by atoms with Crippen molar-refractivity contribution in [2.45, 2.75) is 0 Å². The second-order valence-corrected chi connectivity index (χ2v) is 6.38. The van der Waals surface area contributed by atoms with Crippen molar-refractivity contribution < 1.29 is 9.53 Å². The van der Waals surface area contributed by atoms with E-state index >= 15 is 0 Å². The van der Waals surface area contributed by atoms with E-state index in [2.05, 4.69) is 25.5 Å². The first-order chi connectivity index (χ1) is 13.3. The minimum absolute atomic E-state index is 0.0144. The van der Waals surface area contributed by atoms with Crippen LogP contribution in [0.15, 0.2) is 54.9 Å². The van der Waals surface area contributed by atoms with Gasteiger partial charge in [-0.25, -0.2) is 9.97 Å². The maximum Gasteiger partial charge on any atom is 0.238 e. The summed E-state index contributed by atoms with van der Waals surface area (Å²) < 4.78 is 5.30. The van der Waals surface area contributed by atoms with Gasteiger partial charge < -0.3 is 15.4 Å². The van der Waals surface area contributed by atoms with Crippen molar-refractivity contribution >= 4 is 34.0 Å². The molecule has 1 fully saturated rings. The third-order valence-electron chi connectivity index (χ3n) is 4.45. The van der Waals surface area contributed by atoms with Gasteiger partial charge in [0.15, 0.2) is 0 Å². The van der Waals surface area contributed by atoms with Crippen LogP contribution in [0.3, 0.4) is 0 Å². The van der Waals surface area contributed by atoms with Crippen LogP contribution in [0.5, 0.6) is 0 Å². The number of ether oxygens (including phenoxy) is 1. The Bertz CT molecular complexity index is 918. The number of carbonyl (C=O) groups excluding carboxylic acids is 1. The predicted molar refractivity (Wildman–Crippen MR) is 105 cm³/mol. The second-order valence-electron chi connectivity index (χ2n) is 6.38. The highest BCUT2D eigenvalue weighted by Gasteiger charge is 2.14. The molecule has 1 saturated heterocycles. The van der Waals surface area contributed by atoms with E-state index in [9.17, 15) is 4.79 Å². The number of amides is 1. The third kappa shape index (κ3) is 4.39. The fourth-order valence-electron chi connectivity index (χ4n) is 3.04. The smallest absolute Gasteiger partial charge is 0.238 e. The molecule has 0 saturated carbocycles.